The molecule has 1 saturated heterocycles. The molecule has 3 aromatic rings. The van der Waals surface area contributed by atoms with Gasteiger partial charge in [-0.1, -0.05) is 23.7 Å². The Morgan fingerprint density at radius 3 is 2.37 bits per heavy atom. The number of nitro benzene ring substituents is 1. The van der Waals surface area contributed by atoms with E-state index in [-0.39, 0.29) is 33.5 Å². The molecule has 0 unspecified atom stereocenters. The molecule has 1 aliphatic heterocycles. The minimum atomic E-state index is -4.34. The lowest BCUT2D eigenvalue weighted by atomic mass is 10.1. The molecule has 0 N–H and O–H groups in total. The number of nitrogens with zero attached hydrogens (tertiary/aromatic N) is 2. The highest BCUT2D eigenvalue weighted by Crippen LogP contribution is 2.39. The summed E-state index contributed by atoms with van der Waals surface area (Å²) >= 11 is 8.54. The molecule has 4 rings (SSSR count). The summed E-state index contributed by atoms with van der Waals surface area (Å²) in [7, 11) is -3.02. The van der Waals surface area contributed by atoms with E-state index in [0.717, 1.165) is 46.5 Å². The number of ether oxygens (including phenoxy) is 1. The second-order valence-corrected chi connectivity index (χ2v) is 11.9. The summed E-state index contributed by atoms with van der Waals surface area (Å²) in [5.41, 5.74) is 0.950. The van der Waals surface area contributed by atoms with Crippen LogP contribution in [-0.2, 0) is 21.5 Å². The lowest BCUT2D eigenvalue weighted by Crippen LogP contribution is -2.27. The van der Waals surface area contributed by atoms with Crippen molar-refractivity contribution in [2.75, 3.05) is 7.11 Å². The monoisotopic (exact) mass is 686 g/mol. The van der Waals surface area contributed by atoms with E-state index >= 15 is 0 Å². The fourth-order valence-electron chi connectivity index (χ4n) is 3.36. The van der Waals surface area contributed by atoms with Crippen molar-refractivity contribution in [1.29, 1.82) is 0 Å². The van der Waals surface area contributed by atoms with E-state index < -0.39 is 26.2 Å². The Hall–Kier alpha value is -3.14. The van der Waals surface area contributed by atoms with Crippen LogP contribution >= 0.6 is 46.0 Å². The number of hydrogen-bond donors (Lipinski definition) is 0. The number of carbonyl (C=O) groups is 2. The van der Waals surface area contributed by atoms with Gasteiger partial charge in [-0.05, 0) is 88.0 Å². The van der Waals surface area contributed by atoms with Gasteiger partial charge in [0, 0.05) is 17.2 Å². The first-order valence-corrected chi connectivity index (χ1v) is 14.2. The van der Waals surface area contributed by atoms with Crippen molar-refractivity contribution in [2.45, 2.75) is 11.4 Å². The largest absolute Gasteiger partial charge is 0.493 e. The van der Waals surface area contributed by atoms with Crippen LogP contribution in [0.3, 0.4) is 0 Å². The Labute approximate surface area is 240 Å². The maximum atomic E-state index is 12.9. The average molecular weight is 687 g/mol. The van der Waals surface area contributed by atoms with Crippen LogP contribution in [0.1, 0.15) is 11.1 Å². The molecule has 2 amide bonds. The van der Waals surface area contributed by atoms with E-state index in [1.807, 2.05) is 22.6 Å². The van der Waals surface area contributed by atoms with Crippen molar-refractivity contribution >= 4 is 79.0 Å². The van der Waals surface area contributed by atoms with E-state index in [1.165, 1.54) is 19.3 Å². The average Bonchev–Trinajstić information content (AvgIpc) is 3.13. The predicted molar refractivity (Wildman–Crippen MR) is 150 cm³/mol. The molecule has 0 aliphatic carbocycles. The lowest BCUT2D eigenvalue weighted by Gasteiger charge is -2.14. The van der Waals surface area contributed by atoms with Crippen LogP contribution in [-0.4, -0.2) is 36.5 Å². The number of nitro groups is 1. The molecule has 1 aliphatic rings. The Morgan fingerprint density at radius 1 is 1.11 bits per heavy atom. The zero-order chi connectivity index (χ0) is 27.6. The molecule has 3 aromatic carbocycles. The van der Waals surface area contributed by atoms with Gasteiger partial charge < -0.3 is 8.92 Å². The van der Waals surface area contributed by atoms with E-state index in [9.17, 15) is 28.1 Å². The van der Waals surface area contributed by atoms with Gasteiger partial charge in [-0.3, -0.25) is 24.6 Å². The fraction of sp³-hybridized carbons (Fsp3) is 0.0833. The molecule has 0 aromatic heterocycles. The summed E-state index contributed by atoms with van der Waals surface area (Å²) in [5, 5.41) is 11.0. The summed E-state index contributed by atoms with van der Waals surface area (Å²) in [6.45, 7) is 0.0906. The summed E-state index contributed by atoms with van der Waals surface area (Å²) in [4.78, 5) is 36.6. The summed E-state index contributed by atoms with van der Waals surface area (Å²) in [5.74, 6) is -0.501. The number of imide groups is 1. The minimum Gasteiger partial charge on any atom is -0.493 e. The van der Waals surface area contributed by atoms with Crippen LogP contribution in [0, 0.1) is 13.7 Å². The molecule has 0 radical (unpaired) electrons. The molecular weight excluding hydrogens is 671 g/mol. The zero-order valence-corrected chi connectivity index (χ0v) is 23.8. The molecule has 14 heteroatoms. The van der Waals surface area contributed by atoms with Crippen LogP contribution in [0.4, 0.5) is 10.5 Å². The van der Waals surface area contributed by atoms with Gasteiger partial charge in [-0.25, -0.2) is 0 Å². The van der Waals surface area contributed by atoms with E-state index in [0.29, 0.717) is 14.2 Å². The number of methoxy groups -OCH3 is 1. The number of halogens is 2. The van der Waals surface area contributed by atoms with Gasteiger partial charge in [0.25, 0.3) is 16.8 Å². The van der Waals surface area contributed by atoms with E-state index in [4.69, 9.17) is 20.5 Å². The lowest BCUT2D eigenvalue weighted by molar-refractivity contribution is -0.384. The molecule has 0 spiro atoms. The Kier molecular flexibility index (Phi) is 8.30. The van der Waals surface area contributed by atoms with Crippen LogP contribution in [0.15, 0.2) is 70.5 Å². The predicted octanol–water partition coefficient (Wildman–Crippen LogP) is 5.87. The minimum absolute atomic E-state index is 0.0639. The van der Waals surface area contributed by atoms with Crippen molar-refractivity contribution in [3.8, 4) is 11.5 Å². The molecule has 196 valence electrons. The topological polar surface area (TPSA) is 133 Å². The van der Waals surface area contributed by atoms with Gasteiger partial charge in [0.1, 0.15) is 4.90 Å². The number of rotatable bonds is 8. The van der Waals surface area contributed by atoms with Crippen molar-refractivity contribution in [1.82, 2.24) is 4.90 Å². The summed E-state index contributed by atoms with van der Waals surface area (Å²) in [6.07, 6.45) is 1.51. The van der Waals surface area contributed by atoms with Crippen molar-refractivity contribution in [2.24, 2.45) is 0 Å². The second kappa shape index (κ2) is 11.3. The third-order valence-corrected chi connectivity index (χ3v) is 8.40. The number of thioether (sulfide) groups is 1. The fourth-order valence-corrected chi connectivity index (χ4v) is 6.16. The first-order valence-electron chi connectivity index (χ1n) is 10.5. The Morgan fingerprint density at radius 2 is 1.76 bits per heavy atom. The van der Waals surface area contributed by atoms with Gasteiger partial charge in [0.05, 0.1) is 27.1 Å². The molecule has 38 heavy (non-hydrogen) atoms. The number of amides is 2. The number of non-ortho nitro benzene ring substituents is 1. The smallest absolute Gasteiger partial charge is 0.339 e. The van der Waals surface area contributed by atoms with Crippen LogP contribution in [0.25, 0.3) is 6.08 Å². The summed E-state index contributed by atoms with van der Waals surface area (Å²) in [6, 6.07) is 14.1. The van der Waals surface area contributed by atoms with Gasteiger partial charge in [-0.2, -0.15) is 8.42 Å². The van der Waals surface area contributed by atoms with Gasteiger partial charge in [0.15, 0.2) is 11.5 Å². The second-order valence-electron chi connectivity index (χ2n) is 7.72. The Bertz CT molecular complexity index is 1580. The van der Waals surface area contributed by atoms with Crippen LogP contribution in [0.2, 0.25) is 5.02 Å². The molecule has 1 fully saturated rings. The highest BCUT2D eigenvalue weighted by atomic mass is 127. The molecular formula is C24H16ClIN2O8S2. The quantitative estimate of drug-likeness (QED) is 0.0939. The van der Waals surface area contributed by atoms with Gasteiger partial charge in [0.2, 0.25) is 0 Å². The van der Waals surface area contributed by atoms with Gasteiger partial charge in [-0.15, -0.1) is 0 Å². The van der Waals surface area contributed by atoms with Crippen LogP contribution < -0.4 is 8.92 Å². The summed E-state index contributed by atoms with van der Waals surface area (Å²) < 4.78 is 36.6. The highest BCUT2D eigenvalue weighted by molar-refractivity contribution is 14.1. The van der Waals surface area contributed by atoms with Gasteiger partial charge >= 0.3 is 10.1 Å². The molecule has 10 nitrogen and oxygen atoms in total. The zero-order valence-electron chi connectivity index (χ0n) is 19.3. The van der Waals surface area contributed by atoms with E-state index in [1.54, 1.807) is 30.3 Å². The maximum Gasteiger partial charge on any atom is 0.339 e. The molecule has 0 atom stereocenters. The first kappa shape index (κ1) is 27.9. The van der Waals surface area contributed by atoms with Crippen molar-refractivity contribution in [3.63, 3.8) is 0 Å². The normalized spacial score (nSPS) is 14.7. The third kappa shape index (κ3) is 6.11. The molecule has 0 bridgehead atoms. The highest BCUT2D eigenvalue weighted by Gasteiger charge is 2.35. The molecule has 1 heterocycles. The number of hydrogen-bond acceptors (Lipinski definition) is 9. The Balaban J connectivity index is 1.58. The van der Waals surface area contributed by atoms with Crippen molar-refractivity contribution in [3.05, 3.63) is 95.4 Å². The number of carbonyl (C=O) groups excluding carboxylic acids is 2. The third-order valence-electron chi connectivity index (χ3n) is 5.21. The molecule has 0 saturated carbocycles. The standard InChI is InChI=1S/C24H16ClIN2O8S2/c1-35-20-11-15(12-21-23(29)27(24(30)37-21)13-14-2-4-16(25)5-3-14)10-19(26)22(20)36-38(33,34)18-8-6-17(7-9-18)28(31)32/h2-12H,13H2,1H3/b21-12-. The van der Waals surface area contributed by atoms with Crippen molar-refractivity contribution < 1.29 is 31.9 Å². The van der Waals surface area contributed by atoms with Crippen LogP contribution in [0.5, 0.6) is 11.5 Å². The first-order chi connectivity index (χ1) is 18.0. The SMILES string of the molecule is COc1cc(/C=C2\SC(=O)N(Cc3ccc(Cl)cc3)C2=O)cc(I)c1OS(=O)(=O)c1ccc([N+](=O)[O-])cc1. The number of benzene rings is 3. The maximum absolute atomic E-state index is 12.9. The van der Waals surface area contributed by atoms with E-state index in [2.05, 4.69) is 0 Å².